The third kappa shape index (κ3) is 5.67. The fourth-order valence-corrected chi connectivity index (χ4v) is 4.72. The van der Waals surface area contributed by atoms with E-state index in [4.69, 9.17) is 14.2 Å². The Morgan fingerprint density at radius 2 is 1.47 bits per heavy atom. The van der Waals surface area contributed by atoms with Crippen LogP contribution in [0.25, 0.3) is 0 Å². The maximum atomic E-state index is 13.3. The summed E-state index contributed by atoms with van der Waals surface area (Å²) in [7, 11) is 2.04. The molecule has 0 aliphatic rings. The lowest BCUT2D eigenvalue weighted by Crippen LogP contribution is -2.28. The summed E-state index contributed by atoms with van der Waals surface area (Å²) >= 11 is 0. The summed E-state index contributed by atoms with van der Waals surface area (Å²) in [5.41, 5.74) is 1.85. The average molecular weight is 485 g/mol. The summed E-state index contributed by atoms with van der Waals surface area (Å²) in [5, 5.41) is 2.80. The largest absolute Gasteiger partial charge is 0.495 e. The fourth-order valence-electron chi connectivity index (χ4n) is 3.39. The van der Waals surface area contributed by atoms with Gasteiger partial charge < -0.3 is 19.5 Å². The molecule has 0 aromatic heterocycles. The third-order valence-electron chi connectivity index (χ3n) is 5.26. The number of sulfonamides is 1. The van der Waals surface area contributed by atoms with Gasteiger partial charge in [-0.1, -0.05) is 36.4 Å². The van der Waals surface area contributed by atoms with Crippen molar-refractivity contribution in [3.8, 4) is 17.2 Å². The minimum absolute atomic E-state index is 0.0767. The number of methoxy groups -OCH3 is 3. The van der Waals surface area contributed by atoms with Crippen LogP contribution in [0.3, 0.4) is 0 Å². The molecular formula is C25H28N2O6S. The fraction of sp³-hybridized carbons (Fsp3) is 0.240. The molecule has 180 valence electrons. The van der Waals surface area contributed by atoms with Crippen molar-refractivity contribution in [3.63, 3.8) is 0 Å². The summed E-state index contributed by atoms with van der Waals surface area (Å²) < 4.78 is 43.6. The first-order chi connectivity index (χ1) is 16.3. The van der Waals surface area contributed by atoms with Gasteiger partial charge in [-0.2, -0.15) is 4.31 Å². The SMILES string of the molecule is COc1ccc(CNC(=O)c2ccc(OC)c(S(=O)(=O)N(C)Cc3ccccc3)c2)cc1OC. The molecule has 0 spiro atoms. The van der Waals surface area contributed by atoms with Crippen molar-refractivity contribution >= 4 is 15.9 Å². The number of nitrogens with zero attached hydrogens (tertiary/aromatic N) is 1. The molecule has 3 aromatic carbocycles. The summed E-state index contributed by atoms with van der Waals surface area (Å²) in [6.07, 6.45) is 0. The molecule has 0 radical (unpaired) electrons. The van der Waals surface area contributed by atoms with E-state index < -0.39 is 15.9 Å². The summed E-state index contributed by atoms with van der Waals surface area (Å²) in [5.74, 6) is 0.881. The van der Waals surface area contributed by atoms with E-state index in [1.54, 1.807) is 19.2 Å². The lowest BCUT2D eigenvalue weighted by atomic mass is 10.1. The molecule has 0 bridgehead atoms. The number of carbonyl (C=O) groups is 1. The van der Waals surface area contributed by atoms with Gasteiger partial charge in [-0.3, -0.25) is 4.79 Å². The lowest BCUT2D eigenvalue weighted by molar-refractivity contribution is 0.0950. The molecule has 0 aliphatic heterocycles. The van der Waals surface area contributed by atoms with Gasteiger partial charge in [0, 0.05) is 25.7 Å². The zero-order valence-corrected chi connectivity index (χ0v) is 20.4. The highest BCUT2D eigenvalue weighted by atomic mass is 32.2. The molecule has 1 N–H and O–H groups in total. The van der Waals surface area contributed by atoms with Gasteiger partial charge in [-0.05, 0) is 41.5 Å². The van der Waals surface area contributed by atoms with E-state index in [0.717, 1.165) is 11.1 Å². The Morgan fingerprint density at radius 3 is 2.12 bits per heavy atom. The van der Waals surface area contributed by atoms with E-state index in [1.165, 1.54) is 43.8 Å². The standard InChI is InChI=1S/C25H28N2O6S/c1-27(17-18-8-6-5-7-9-18)34(29,30)24-15-20(11-13-22(24)32-3)25(28)26-16-19-10-12-21(31-2)23(14-19)33-4/h5-15H,16-17H2,1-4H3,(H,26,28). The maximum absolute atomic E-state index is 13.3. The zero-order valence-electron chi connectivity index (χ0n) is 19.6. The molecule has 34 heavy (non-hydrogen) atoms. The van der Waals surface area contributed by atoms with Crippen molar-refractivity contribution in [1.29, 1.82) is 0 Å². The quantitative estimate of drug-likeness (QED) is 0.474. The molecule has 1 amide bonds. The number of rotatable bonds is 10. The molecule has 0 saturated heterocycles. The van der Waals surface area contributed by atoms with Crippen molar-refractivity contribution in [2.45, 2.75) is 18.0 Å². The number of ether oxygens (including phenoxy) is 3. The zero-order chi connectivity index (χ0) is 24.7. The van der Waals surface area contributed by atoms with Crippen molar-refractivity contribution in [2.75, 3.05) is 28.4 Å². The number of hydrogen-bond acceptors (Lipinski definition) is 6. The highest BCUT2D eigenvalue weighted by molar-refractivity contribution is 7.89. The Hall–Kier alpha value is -3.56. The molecule has 0 saturated carbocycles. The van der Waals surface area contributed by atoms with Crippen LogP contribution in [0.4, 0.5) is 0 Å². The van der Waals surface area contributed by atoms with Crippen molar-refractivity contribution in [1.82, 2.24) is 9.62 Å². The second kappa shape index (κ2) is 11.0. The van der Waals surface area contributed by atoms with Crippen LogP contribution in [-0.2, 0) is 23.1 Å². The molecule has 0 aliphatic carbocycles. The molecular weight excluding hydrogens is 456 g/mol. The minimum Gasteiger partial charge on any atom is -0.495 e. The predicted molar refractivity (Wildman–Crippen MR) is 129 cm³/mol. The highest BCUT2D eigenvalue weighted by Crippen LogP contribution is 2.29. The molecule has 8 nitrogen and oxygen atoms in total. The van der Waals surface area contributed by atoms with Gasteiger partial charge >= 0.3 is 0 Å². The summed E-state index contributed by atoms with van der Waals surface area (Å²) in [6.45, 7) is 0.406. The number of nitrogens with one attached hydrogen (secondary N) is 1. The topological polar surface area (TPSA) is 94.2 Å². The van der Waals surface area contributed by atoms with Gasteiger partial charge in [0.2, 0.25) is 10.0 Å². The lowest BCUT2D eigenvalue weighted by Gasteiger charge is -2.19. The number of benzene rings is 3. The Labute approximate surface area is 200 Å². The Bertz CT molecular complexity index is 1250. The monoisotopic (exact) mass is 484 g/mol. The second-order valence-corrected chi connectivity index (χ2v) is 9.50. The van der Waals surface area contributed by atoms with Gasteiger partial charge in [-0.25, -0.2) is 8.42 Å². The molecule has 9 heteroatoms. The van der Waals surface area contributed by atoms with Gasteiger partial charge in [0.05, 0.1) is 21.3 Å². The Morgan fingerprint density at radius 1 is 0.824 bits per heavy atom. The van der Waals surface area contributed by atoms with Gasteiger partial charge in [0.1, 0.15) is 10.6 Å². The first kappa shape index (κ1) is 25.1. The molecule has 0 atom stereocenters. The van der Waals surface area contributed by atoms with Crippen LogP contribution < -0.4 is 19.5 Å². The van der Waals surface area contributed by atoms with Crippen LogP contribution in [0, 0.1) is 0 Å². The number of carbonyl (C=O) groups excluding carboxylic acids is 1. The van der Waals surface area contributed by atoms with Gasteiger partial charge in [-0.15, -0.1) is 0 Å². The Kier molecular flexibility index (Phi) is 8.14. The smallest absolute Gasteiger partial charge is 0.251 e. The van der Waals surface area contributed by atoms with E-state index in [2.05, 4.69) is 5.32 Å². The van der Waals surface area contributed by atoms with Gasteiger partial charge in [0.25, 0.3) is 5.91 Å². The van der Waals surface area contributed by atoms with Crippen molar-refractivity contribution < 1.29 is 27.4 Å². The van der Waals surface area contributed by atoms with Crippen LogP contribution in [0.1, 0.15) is 21.5 Å². The normalized spacial score (nSPS) is 11.2. The number of hydrogen-bond donors (Lipinski definition) is 1. The first-order valence-corrected chi connectivity index (χ1v) is 11.9. The predicted octanol–water partition coefficient (Wildman–Crippen LogP) is 3.46. The van der Waals surface area contributed by atoms with E-state index >= 15 is 0 Å². The van der Waals surface area contributed by atoms with E-state index in [1.807, 2.05) is 36.4 Å². The minimum atomic E-state index is -3.92. The molecule has 3 aromatic rings. The first-order valence-electron chi connectivity index (χ1n) is 10.5. The molecule has 0 unspecified atom stereocenters. The second-order valence-electron chi connectivity index (χ2n) is 7.48. The van der Waals surface area contributed by atoms with E-state index in [0.29, 0.717) is 11.5 Å². The van der Waals surface area contributed by atoms with Crippen LogP contribution in [0.2, 0.25) is 0 Å². The average Bonchev–Trinajstić information content (AvgIpc) is 2.87. The van der Waals surface area contributed by atoms with Crippen LogP contribution in [0.5, 0.6) is 17.2 Å². The van der Waals surface area contributed by atoms with Crippen LogP contribution in [-0.4, -0.2) is 47.0 Å². The maximum Gasteiger partial charge on any atom is 0.251 e. The molecule has 0 heterocycles. The van der Waals surface area contributed by atoms with Crippen LogP contribution in [0.15, 0.2) is 71.6 Å². The number of amides is 1. The Balaban J connectivity index is 1.80. The molecule has 0 fully saturated rings. The summed E-state index contributed by atoms with van der Waals surface area (Å²) in [6, 6.07) is 18.9. The van der Waals surface area contributed by atoms with Gasteiger partial charge in [0.15, 0.2) is 11.5 Å². The van der Waals surface area contributed by atoms with Crippen molar-refractivity contribution in [3.05, 3.63) is 83.4 Å². The van der Waals surface area contributed by atoms with E-state index in [9.17, 15) is 13.2 Å². The van der Waals surface area contributed by atoms with Crippen LogP contribution >= 0.6 is 0 Å². The molecule has 3 rings (SSSR count). The van der Waals surface area contributed by atoms with Crippen molar-refractivity contribution in [2.24, 2.45) is 0 Å². The summed E-state index contributed by atoms with van der Waals surface area (Å²) in [4.78, 5) is 12.7. The third-order valence-corrected chi connectivity index (χ3v) is 7.09. The highest BCUT2D eigenvalue weighted by Gasteiger charge is 2.26. The van der Waals surface area contributed by atoms with E-state index in [-0.39, 0.29) is 29.3 Å².